The molecular weight excluding hydrogens is 214 g/mol. The third-order valence-electron chi connectivity index (χ3n) is 1.85. The molecule has 72 valence electrons. The lowest BCUT2D eigenvalue weighted by molar-refractivity contribution is 0.416. The number of rotatable bonds is 2. The topological polar surface area (TPSA) is 22.1 Å². The Bertz CT molecular complexity index is 426. The maximum Gasteiger partial charge on any atom is 0.129 e. The van der Waals surface area contributed by atoms with Crippen LogP contribution in [0.15, 0.2) is 34.7 Å². The van der Waals surface area contributed by atoms with E-state index < -0.39 is 0 Å². The summed E-state index contributed by atoms with van der Waals surface area (Å²) in [7, 11) is 1.66. The Kier molecular flexibility index (Phi) is 2.74. The Morgan fingerprint density at radius 1 is 1.43 bits per heavy atom. The van der Waals surface area contributed by atoms with Crippen molar-refractivity contribution in [3.63, 3.8) is 0 Å². The summed E-state index contributed by atoms with van der Waals surface area (Å²) in [6.45, 7) is 0. The summed E-state index contributed by atoms with van der Waals surface area (Å²) in [6, 6.07) is 5.76. The Balaban J connectivity index is 2.55. The van der Waals surface area contributed by atoms with Gasteiger partial charge in [-0.15, -0.1) is 24.0 Å². The van der Waals surface area contributed by atoms with Gasteiger partial charge in [-0.1, -0.05) is 0 Å². The van der Waals surface area contributed by atoms with Gasteiger partial charge in [0.15, 0.2) is 0 Å². The molecule has 0 bridgehead atoms. The van der Waals surface area contributed by atoms with Crippen molar-refractivity contribution in [2.24, 2.45) is 0 Å². The molecule has 0 aliphatic heterocycles. The van der Waals surface area contributed by atoms with Crippen LogP contribution in [0.5, 0.6) is 5.75 Å². The highest BCUT2D eigenvalue weighted by Gasteiger charge is 2.07. The average molecular weight is 223 g/mol. The molecule has 0 saturated carbocycles. The van der Waals surface area contributed by atoms with Crippen molar-refractivity contribution in [1.29, 1.82) is 0 Å². The highest BCUT2D eigenvalue weighted by Crippen LogP contribution is 2.32. The van der Waals surface area contributed by atoms with Crippen molar-refractivity contribution in [3.05, 3.63) is 29.8 Å². The standard InChI is InChI=1S/C10H9NOS2/c1-12-9-3-2-7(13)6-8(9)10-11-4-5-14-10/h2-6,13H,1H3. The molecule has 0 amide bonds. The minimum Gasteiger partial charge on any atom is -0.496 e. The summed E-state index contributed by atoms with van der Waals surface area (Å²) < 4.78 is 5.26. The van der Waals surface area contributed by atoms with Crippen LogP contribution in [-0.2, 0) is 0 Å². The smallest absolute Gasteiger partial charge is 0.129 e. The fourth-order valence-corrected chi connectivity index (χ4v) is 2.08. The fourth-order valence-electron chi connectivity index (χ4n) is 1.22. The predicted octanol–water partition coefficient (Wildman–Crippen LogP) is 3.11. The van der Waals surface area contributed by atoms with Gasteiger partial charge in [0.25, 0.3) is 0 Å². The van der Waals surface area contributed by atoms with Gasteiger partial charge in [-0.25, -0.2) is 4.98 Å². The maximum absolute atomic E-state index is 5.26. The van der Waals surface area contributed by atoms with E-state index in [0.717, 1.165) is 21.2 Å². The first-order valence-electron chi connectivity index (χ1n) is 4.08. The van der Waals surface area contributed by atoms with Crippen LogP contribution in [0.1, 0.15) is 0 Å². The molecule has 0 aliphatic carbocycles. The normalized spacial score (nSPS) is 10.1. The first-order valence-corrected chi connectivity index (χ1v) is 5.41. The van der Waals surface area contributed by atoms with Crippen LogP contribution < -0.4 is 4.74 Å². The van der Waals surface area contributed by atoms with Gasteiger partial charge in [-0.2, -0.15) is 0 Å². The number of thiol groups is 1. The van der Waals surface area contributed by atoms with Crippen LogP contribution in [0.3, 0.4) is 0 Å². The van der Waals surface area contributed by atoms with Gasteiger partial charge in [0.1, 0.15) is 10.8 Å². The van der Waals surface area contributed by atoms with E-state index >= 15 is 0 Å². The number of benzene rings is 1. The first-order chi connectivity index (χ1) is 6.81. The van der Waals surface area contributed by atoms with Gasteiger partial charge >= 0.3 is 0 Å². The Morgan fingerprint density at radius 3 is 2.93 bits per heavy atom. The van der Waals surface area contributed by atoms with Crippen LogP contribution in [0.25, 0.3) is 10.6 Å². The molecule has 1 heterocycles. The van der Waals surface area contributed by atoms with Crippen molar-refractivity contribution in [2.45, 2.75) is 4.90 Å². The lowest BCUT2D eigenvalue weighted by Crippen LogP contribution is -1.87. The number of hydrogen-bond donors (Lipinski definition) is 1. The molecule has 2 aromatic rings. The minimum absolute atomic E-state index is 0.831. The van der Waals surface area contributed by atoms with Crippen LogP contribution in [0.2, 0.25) is 0 Å². The molecule has 0 atom stereocenters. The molecule has 1 aromatic carbocycles. The molecule has 0 saturated heterocycles. The Hall–Kier alpha value is -1.00. The molecule has 0 aliphatic rings. The van der Waals surface area contributed by atoms with E-state index in [-0.39, 0.29) is 0 Å². The molecule has 4 heteroatoms. The number of methoxy groups -OCH3 is 1. The molecule has 0 fully saturated rings. The highest BCUT2D eigenvalue weighted by atomic mass is 32.1. The molecule has 1 aromatic heterocycles. The summed E-state index contributed by atoms with van der Waals surface area (Å²) >= 11 is 5.88. The van der Waals surface area contributed by atoms with Gasteiger partial charge in [0.2, 0.25) is 0 Å². The van der Waals surface area contributed by atoms with Crippen molar-refractivity contribution in [1.82, 2.24) is 4.98 Å². The molecule has 14 heavy (non-hydrogen) atoms. The van der Waals surface area contributed by atoms with Crippen LogP contribution in [0, 0.1) is 0 Å². The zero-order chi connectivity index (χ0) is 9.97. The third kappa shape index (κ3) is 1.76. The second-order valence-electron chi connectivity index (χ2n) is 2.72. The van der Waals surface area contributed by atoms with Gasteiger partial charge in [-0.3, -0.25) is 0 Å². The summed E-state index contributed by atoms with van der Waals surface area (Å²) in [5.41, 5.74) is 0.995. The second kappa shape index (κ2) is 4.02. The lowest BCUT2D eigenvalue weighted by atomic mass is 10.2. The number of ether oxygens (including phenoxy) is 1. The van der Waals surface area contributed by atoms with E-state index in [4.69, 9.17) is 4.74 Å². The first kappa shape index (κ1) is 9.55. The molecule has 0 spiro atoms. The van der Waals surface area contributed by atoms with Crippen LogP contribution in [-0.4, -0.2) is 12.1 Å². The summed E-state index contributed by atoms with van der Waals surface area (Å²) in [6.07, 6.45) is 1.78. The minimum atomic E-state index is 0.831. The maximum atomic E-state index is 5.26. The molecule has 0 radical (unpaired) electrons. The van der Waals surface area contributed by atoms with Gasteiger partial charge in [0.05, 0.1) is 12.7 Å². The zero-order valence-corrected chi connectivity index (χ0v) is 9.31. The average Bonchev–Trinajstić information content (AvgIpc) is 2.70. The second-order valence-corrected chi connectivity index (χ2v) is 4.13. The number of thiazole rings is 1. The van der Waals surface area contributed by atoms with E-state index in [0.29, 0.717) is 0 Å². The van der Waals surface area contributed by atoms with E-state index in [1.54, 1.807) is 24.6 Å². The summed E-state index contributed by atoms with van der Waals surface area (Å²) in [4.78, 5) is 5.15. The van der Waals surface area contributed by atoms with E-state index in [1.807, 2.05) is 23.6 Å². The third-order valence-corrected chi connectivity index (χ3v) is 2.93. The number of hydrogen-bond acceptors (Lipinski definition) is 4. The van der Waals surface area contributed by atoms with Crippen molar-refractivity contribution >= 4 is 24.0 Å². The fraction of sp³-hybridized carbons (Fsp3) is 0.100. The molecular formula is C10H9NOS2. The zero-order valence-electron chi connectivity index (χ0n) is 7.60. The molecule has 2 rings (SSSR count). The number of aromatic nitrogens is 1. The van der Waals surface area contributed by atoms with Crippen LogP contribution in [0.4, 0.5) is 0 Å². The van der Waals surface area contributed by atoms with Gasteiger partial charge in [0, 0.05) is 16.5 Å². The Morgan fingerprint density at radius 2 is 2.29 bits per heavy atom. The van der Waals surface area contributed by atoms with Crippen molar-refractivity contribution in [2.75, 3.05) is 7.11 Å². The SMILES string of the molecule is COc1ccc(S)cc1-c1nccs1. The highest BCUT2D eigenvalue weighted by molar-refractivity contribution is 7.80. The van der Waals surface area contributed by atoms with Gasteiger partial charge < -0.3 is 4.74 Å². The number of nitrogens with zero attached hydrogens (tertiary/aromatic N) is 1. The lowest BCUT2D eigenvalue weighted by Gasteiger charge is -2.05. The van der Waals surface area contributed by atoms with E-state index in [2.05, 4.69) is 17.6 Å². The van der Waals surface area contributed by atoms with Gasteiger partial charge in [-0.05, 0) is 18.2 Å². The van der Waals surface area contributed by atoms with Crippen molar-refractivity contribution < 1.29 is 4.74 Å². The molecule has 2 nitrogen and oxygen atoms in total. The largest absolute Gasteiger partial charge is 0.496 e. The van der Waals surface area contributed by atoms with Crippen LogP contribution >= 0.6 is 24.0 Å². The summed E-state index contributed by atoms with van der Waals surface area (Å²) in [5, 5.41) is 2.90. The van der Waals surface area contributed by atoms with Crippen molar-refractivity contribution in [3.8, 4) is 16.3 Å². The monoisotopic (exact) mass is 223 g/mol. The quantitative estimate of drug-likeness (QED) is 0.790. The Labute approximate surface area is 92.0 Å². The predicted molar refractivity (Wildman–Crippen MR) is 61.4 cm³/mol. The van der Waals surface area contributed by atoms with E-state index in [9.17, 15) is 0 Å². The van der Waals surface area contributed by atoms with E-state index in [1.165, 1.54) is 0 Å². The molecule has 0 unspecified atom stereocenters. The molecule has 0 N–H and O–H groups in total. The summed E-state index contributed by atoms with van der Waals surface area (Å²) in [5.74, 6) is 0.831.